The lowest BCUT2D eigenvalue weighted by molar-refractivity contribution is -0.144. The second kappa shape index (κ2) is 8.34. The predicted octanol–water partition coefficient (Wildman–Crippen LogP) is 1.66. The molecule has 9 heteroatoms. The van der Waals surface area contributed by atoms with Crippen LogP contribution >= 0.6 is 0 Å². The summed E-state index contributed by atoms with van der Waals surface area (Å²) in [6, 6.07) is 3.97. The van der Waals surface area contributed by atoms with Gasteiger partial charge >= 0.3 is 6.03 Å². The van der Waals surface area contributed by atoms with Crippen molar-refractivity contribution in [3.8, 4) is 11.5 Å². The fourth-order valence-corrected chi connectivity index (χ4v) is 6.86. The first-order valence-electron chi connectivity index (χ1n) is 12.3. The van der Waals surface area contributed by atoms with E-state index in [1.54, 1.807) is 21.0 Å². The Balaban J connectivity index is 0.000000168. The number of hydrogen-bond acceptors (Lipinski definition) is 7. The van der Waals surface area contributed by atoms with E-state index < -0.39 is 29.4 Å². The number of methoxy groups -OCH3 is 1. The van der Waals surface area contributed by atoms with Crippen LogP contribution in [-0.2, 0) is 21.4 Å². The van der Waals surface area contributed by atoms with E-state index in [1.165, 1.54) is 11.1 Å². The fourth-order valence-electron chi connectivity index (χ4n) is 6.86. The molecule has 2 bridgehead atoms. The van der Waals surface area contributed by atoms with Crippen molar-refractivity contribution in [2.75, 3.05) is 20.7 Å². The van der Waals surface area contributed by atoms with Crippen LogP contribution in [-0.4, -0.2) is 66.8 Å². The topological polar surface area (TPSA) is 117 Å². The molecule has 5 aliphatic rings. The van der Waals surface area contributed by atoms with Crippen molar-refractivity contribution in [1.82, 2.24) is 15.5 Å². The van der Waals surface area contributed by atoms with Crippen molar-refractivity contribution < 1.29 is 29.0 Å². The molecule has 2 fully saturated rings. The smallest absolute Gasteiger partial charge is 0.328 e. The molecule has 188 valence electrons. The van der Waals surface area contributed by atoms with E-state index in [4.69, 9.17) is 9.47 Å². The molecule has 5 atom stereocenters. The largest absolute Gasteiger partial charge is 0.493 e. The zero-order chi connectivity index (χ0) is 25.1. The average molecular weight is 484 g/mol. The Bertz CT molecular complexity index is 1090. The van der Waals surface area contributed by atoms with Gasteiger partial charge in [-0.3, -0.25) is 20.2 Å². The molecule has 3 heterocycles. The van der Waals surface area contributed by atoms with Gasteiger partial charge in [0.2, 0.25) is 11.8 Å². The lowest BCUT2D eigenvalue weighted by atomic mass is 9.53. The van der Waals surface area contributed by atoms with Crippen molar-refractivity contribution >= 4 is 17.8 Å². The molecule has 3 aliphatic heterocycles. The summed E-state index contributed by atoms with van der Waals surface area (Å²) in [7, 11) is 3.91. The van der Waals surface area contributed by atoms with Crippen LogP contribution in [0.25, 0.3) is 0 Å². The number of benzene rings is 1. The molecule has 1 aromatic rings. The number of ether oxygens (including phenoxy) is 2. The molecular weight excluding hydrogens is 450 g/mol. The normalized spacial score (nSPS) is 33.6. The molecule has 0 radical (unpaired) electrons. The summed E-state index contributed by atoms with van der Waals surface area (Å²) in [5, 5.41) is 14.7. The zero-order valence-electron chi connectivity index (χ0n) is 20.6. The van der Waals surface area contributed by atoms with Gasteiger partial charge in [0.25, 0.3) is 0 Å². The maximum absolute atomic E-state index is 11.4. The van der Waals surface area contributed by atoms with Crippen molar-refractivity contribution in [3.63, 3.8) is 0 Å². The Morgan fingerprint density at radius 2 is 1.83 bits per heavy atom. The average Bonchev–Trinajstić information content (AvgIpc) is 3.19. The first-order chi connectivity index (χ1) is 16.7. The third-order valence-corrected chi connectivity index (χ3v) is 8.88. The summed E-state index contributed by atoms with van der Waals surface area (Å²) in [6.45, 7) is 4.55. The molecule has 6 rings (SSSR count). The predicted molar refractivity (Wildman–Crippen MR) is 127 cm³/mol. The molecule has 1 spiro atoms. The van der Waals surface area contributed by atoms with Crippen LogP contribution in [0.1, 0.15) is 44.2 Å². The maximum Gasteiger partial charge on any atom is 0.328 e. The zero-order valence-corrected chi connectivity index (χ0v) is 20.6. The summed E-state index contributed by atoms with van der Waals surface area (Å²) < 4.78 is 11.8. The highest BCUT2D eigenvalue weighted by molar-refractivity contribution is 6.19. The van der Waals surface area contributed by atoms with Gasteiger partial charge in [0.1, 0.15) is 17.6 Å². The lowest BCUT2D eigenvalue weighted by Gasteiger charge is -2.56. The highest BCUT2D eigenvalue weighted by Gasteiger charge is 2.64. The van der Waals surface area contributed by atoms with E-state index in [2.05, 4.69) is 34.7 Å². The van der Waals surface area contributed by atoms with Crippen LogP contribution < -0.4 is 20.1 Å². The van der Waals surface area contributed by atoms with Gasteiger partial charge in [0, 0.05) is 22.9 Å². The molecule has 4 amide bonds. The number of imide groups is 2. The Hall–Kier alpha value is -2.91. The second-order valence-corrected chi connectivity index (χ2v) is 10.1. The van der Waals surface area contributed by atoms with Gasteiger partial charge < -0.3 is 19.5 Å². The van der Waals surface area contributed by atoms with Crippen LogP contribution in [0, 0.1) is 11.3 Å². The standard InChI is InChI=1S/C18H21NO3.C8H12N2O3/c1-19-8-7-18-11-4-5-13(20)17(18)22-16-14(21-2)6-3-10(15(16)18)9-12(11)19;1-3-8(4-2)5(11)9-7(13)10-6(8)12/h3-6,11-13,17,20H,7-9H2,1-2H3;3-4H2,1-2H3,(H2,9,10,11,12,13)/t11-,12+,13-,17-,18-;/m0./s1. The number of hydrogen-bond donors (Lipinski definition) is 3. The van der Waals surface area contributed by atoms with Crippen LogP contribution in [0.5, 0.6) is 11.5 Å². The van der Waals surface area contributed by atoms with Crippen molar-refractivity contribution in [3.05, 3.63) is 35.4 Å². The number of likely N-dealkylation sites (N-methyl/N-ethyl adjacent to an activating group) is 1. The summed E-state index contributed by atoms with van der Waals surface area (Å²) in [5.74, 6) is 1.10. The Labute approximate surface area is 204 Å². The summed E-state index contributed by atoms with van der Waals surface area (Å²) >= 11 is 0. The number of nitrogens with zero attached hydrogens (tertiary/aromatic N) is 1. The van der Waals surface area contributed by atoms with E-state index in [-0.39, 0.29) is 11.5 Å². The Morgan fingerprint density at radius 1 is 1.14 bits per heavy atom. The second-order valence-electron chi connectivity index (χ2n) is 10.1. The van der Waals surface area contributed by atoms with Gasteiger partial charge in [-0.1, -0.05) is 32.1 Å². The van der Waals surface area contributed by atoms with Crippen molar-refractivity contribution in [2.45, 2.75) is 63.2 Å². The number of likely N-dealkylation sites (tertiary alicyclic amines) is 1. The molecule has 1 aromatic carbocycles. The van der Waals surface area contributed by atoms with Gasteiger partial charge in [-0.2, -0.15) is 0 Å². The van der Waals surface area contributed by atoms with Crippen LogP contribution in [0.3, 0.4) is 0 Å². The number of nitrogens with one attached hydrogen (secondary N) is 2. The highest BCUT2D eigenvalue weighted by atomic mass is 16.5. The number of aliphatic hydroxyl groups is 1. The Morgan fingerprint density at radius 3 is 2.46 bits per heavy atom. The first kappa shape index (κ1) is 23.8. The summed E-state index contributed by atoms with van der Waals surface area (Å²) in [6.07, 6.45) is 6.33. The van der Waals surface area contributed by atoms with Gasteiger partial charge in [-0.15, -0.1) is 0 Å². The number of carbonyl (C=O) groups is 3. The molecule has 9 nitrogen and oxygen atoms in total. The lowest BCUT2D eigenvalue weighted by Crippen LogP contribution is -2.64. The molecular formula is C26H33N3O6. The van der Waals surface area contributed by atoms with Gasteiger partial charge in [0.15, 0.2) is 11.5 Å². The SMILES string of the molecule is CCC1(CC)C(=O)NC(=O)NC1=O.COc1ccc2c3c1O[C@H]1[C@@H](O)C=C[C@H]4[C@@H](C2)N(C)CC[C@@]341. The molecule has 35 heavy (non-hydrogen) atoms. The van der Waals surface area contributed by atoms with Gasteiger partial charge in [-0.25, -0.2) is 4.79 Å². The molecule has 2 aliphatic carbocycles. The number of piperidine rings is 1. The van der Waals surface area contributed by atoms with Crippen LogP contribution in [0.4, 0.5) is 4.79 Å². The molecule has 0 unspecified atom stereocenters. The Kier molecular flexibility index (Phi) is 5.68. The van der Waals surface area contributed by atoms with E-state index >= 15 is 0 Å². The maximum atomic E-state index is 11.4. The van der Waals surface area contributed by atoms with Crippen molar-refractivity contribution in [1.29, 1.82) is 0 Å². The highest BCUT2D eigenvalue weighted by Crippen LogP contribution is 2.62. The minimum absolute atomic E-state index is 0.0806. The summed E-state index contributed by atoms with van der Waals surface area (Å²) in [5.41, 5.74) is 1.54. The minimum Gasteiger partial charge on any atom is -0.493 e. The number of barbiturate groups is 1. The minimum atomic E-state index is -1.06. The van der Waals surface area contributed by atoms with Gasteiger partial charge in [-0.05, 0) is 50.9 Å². The van der Waals surface area contributed by atoms with Gasteiger partial charge in [0.05, 0.1) is 7.11 Å². The quantitative estimate of drug-likeness (QED) is 0.442. The van der Waals surface area contributed by atoms with E-state index in [0.29, 0.717) is 24.8 Å². The number of urea groups is 1. The number of carbonyl (C=O) groups excluding carboxylic acids is 3. The monoisotopic (exact) mass is 483 g/mol. The van der Waals surface area contributed by atoms with Crippen LogP contribution in [0.15, 0.2) is 24.3 Å². The van der Waals surface area contributed by atoms with Crippen LogP contribution in [0.2, 0.25) is 0 Å². The molecule has 2 saturated heterocycles. The number of rotatable bonds is 3. The summed E-state index contributed by atoms with van der Waals surface area (Å²) in [4.78, 5) is 36.0. The third-order valence-electron chi connectivity index (χ3n) is 8.88. The number of amides is 4. The van der Waals surface area contributed by atoms with E-state index in [0.717, 1.165) is 30.9 Å². The van der Waals surface area contributed by atoms with E-state index in [9.17, 15) is 19.5 Å². The van der Waals surface area contributed by atoms with E-state index in [1.807, 2.05) is 12.1 Å². The first-order valence-corrected chi connectivity index (χ1v) is 12.3. The number of aliphatic hydroxyl groups excluding tert-OH is 1. The third kappa shape index (κ3) is 3.17. The molecule has 0 aromatic heterocycles. The van der Waals surface area contributed by atoms with Crippen molar-refractivity contribution in [2.24, 2.45) is 11.3 Å². The fraction of sp³-hybridized carbons (Fsp3) is 0.577. The molecule has 0 saturated carbocycles. The molecule has 3 N–H and O–H groups in total.